The SMILES string of the molecule is CC1(C)OB(c2ccc(C(N)CN)cc2)OC1(C)C. The van der Waals surface area contributed by atoms with Crippen molar-refractivity contribution in [1.29, 1.82) is 0 Å². The molecule has 104 valence electrons. The Labute approximate surface area is 115 Å². The van der Waals surface area contributed by atoms with Gasteiger partial charge in [0.2, 0.25) is 0 Å². The maximum atomic E-state index is 6.00. The van der Waals surface area contributed by atoms with E-state index in [2.05, 4.69) is 0 Å². The predicted octanol–water partition coefficient (Wildman–Crippen LogP) is 0.944. The van der Waals surface area contributed by atoms with Crippen LogP contribution in [0.25, 0.3) is 0 Å². The largest absolute Gasteiger partial charge is 0.494 e. The van der Waals surface area contributed by atoms with Crippen LogP contribution in [-0.4, -0.2) is 24.9 Å². The first-order chi connectivity index (χ1) is 8.77. The van der Waals surface area contributed by atoms with Crippen LogP contribution in [0.1, 0.15) is 39.3 Å². The summed E-state index contributed by atoms with van der Waals surface area (Å²) < 4.78 is 12.0. The minimum absolute atomic E-state index is 0.118. The van der Waals surface area contributed by atoms with E-state index >= 15 is 0 Å². The third-order valence-electron chi connectivity index (χ3n) is 4.14. The number of nitrogens with two attached hydrogens (primary N) is 2. The van der Waals surface area contributed by atoms with Crippen LogP contribution in [0.5, 0.6) is 0 Å². The van der Waals surface area contributed by atoms with E-state index in [-0.39, 0.29) is 24.4 Å². The second-order valence-electron chi connectivity index (χ2n) is 6.10. The lowest BCUT2D eigenvalue weighted by atomic mass is 9.78. The zero-order valence-corrected chi connectivity index (χ0v) is 12.1. The Morgan fingerprint density at radius 1 is 1.05 bits per heavy atom. The molecule has 0 amide bonds. The summed E-state index contributed by atoms with van der Waals surface area (Å²) in [4.78, 5) is 0. The van der Waals surface area contributed by atoms with Gasteiger partial charge in [-0.25, -0.2) is 0 Å². The van der Waals surface area contributed by atoms with E-state index < -0.39 is 0 Å². The lowest BCUT2D eigenvalue weighted by Crippen LogP contribution is -2.41. The highest BCUT2D eigenvalue weighted by Gasteiger charge is 2.51. The average molecular weight is 262 g/mol. The molecule has 0 aromatic heterocycles. The molecule has 4 nitrogen and oxygen atoms in total. The summed E-state index contributed by atoms with van der Waals surface area (Å²) in [5.74, 6) is 0. The highest BCUT2D eigenvalue weighted by molar-refractivity contribution is 6.62. The Morgan fingerprint density at radius 3 is 1.95 bits per heavy atom. The van der Waals surface area contributed by atoms with E-state index in [9.17, 15) is 0 Å². The second-order valence-corrected chi connectivity index (χ2v) is 6.10. The van der Waals surface area contributed by atoms with Crippen molar-refractivity contribution in [3.8, 4) is 0 Å². The zero-order chi connectivity index (χ0) is 14.3. The van der Waals surface area contributed by atoms with E-state index in [1.54, 1.807) is 0 Å². The summed E-state index contributed by atoms with van der Waals surface area (Å²) in [5.41, 5.74) is 12.9. The van der Waals surface area contributed by atoms with Crippen molar-refractivity contribution in [2.75, 3.05) is 6.54 Å². The molecule has 1 aromatic carbocycles. The molecule has 4 N–H and O–H groups in total. The van der Waals surface area contributed by atoms with Gasteiger partial charge in [-0.05, 0) is 38.7 Å². The smallest absolute Gasteiger partial charge is 0.399 e. The molecule has 1 aliphatic rings. The molecule has 1 saturated heterocycles. The summed E-state index contributed by atoms with van der Waals surface area (Å²) in [6.45, 7) is 8.63. The van der Waals surface area contributed by atoms with Gasteiger partial charge in [-0.3, -0.25) is 0 Å². The van der Waals surface area contributed by atoms with Crippen LogP contribution in [0, 0.1) is 0 Å². The van der Waals surface area contributed by atoms with Crippen LogP contribution >= 0.6 is 0 Å². The van der Waals surface area contributed by atoms with Crippen molar-refractivity contribution in [2.45, 2.75) is 44.9 Å². The molecule has 1 atom stereocenters. The molecular formula is C14H23BN2O2. The summed E-state index contributed by atoms with van der Waals surface area (Å²) in [6, 6.07) is 7.84. The fourth-order valence-corrected chi connectivity index (χ4v) is 2.02. The fourth-order valence-electron chi connectivity index (χ4n) is 2.02. The van der Waals surface area contributed by atoms with E-state index in [4.69, 9.17) is 20.8 Å². The van der Waals surface area contributed by atoms with Gasteiger partial charge in [0.05, 0.1) is 11.2 Å². The Hall–Kier alpha value is -0.875. The topological polar surface area (TPSA) is 70.5 Å². The minimum atomic E-state index is -0.326. The molecule has 0 aliphatic carbocycles. The highest BCUT2D eigenvalue weighted by atomic mass is 16.7. The van der Waals surface area contributed by atoms with Crippen LogP contribution in [-0.2, 0) is 9.31 Å². The number of hydrogen-bond donors (Lipinski definition) is 2. The summed E-state index contributed by atoms with van der Waals surface area (Å²) in [6.07, 6.45) is 0. The molecule has 1 fully saturated rings. The summed E-state index contributed by atoms with van der Waals surface area (Å²) in [7, 11) is -0.326. The van der Waals surface area contributed by atoms with Gasteiger partial charge in [0.25, 0.3) is 0 Å². The molecule has 19 heavy (non-hydrogen) atoms. The molecule has 1 heterocycles. The van der Waals surface area contributed by atoms with E-state index in [1.165, 1.54) is 0 Å². The molecular weight excluding hydrogens is 239 g/mol. The minimum Gasteiger partial charge on any atom is -0.399 e. The molecule has 0 saturated carbocycles. The molecule has 0 bridgehead atoms. The summed E-state index contributed by atoms with van der Waals surface area (Å²) >= 11 is 0. The average Bonchev–Trinajstić information content (AvgIpc) is 2.58. The monoisotopic (exact) mass is 262 g/mol. The van der Waals surface area contributed by atoms with Gasteiger partial charge in [-0.1, -0.05) is 24.3 Å². The highest BCUT2D eigenvalue weighted by Crippen LogP contribution is 2.36. The van der Waals surface area contributed by atoms with E-state index in [1.807, 2.05) is 52.0 Å². The molecule has 1 unspecified atom stereocenters. The van der Waals surface area contributed by atoms with Gasteiger partial charge in [0.1, 0.15) is 0 Å². The number of rotatable bonds is 3. The Morgan fingerprint density at radius 2 is 1.53 bits per heavy atom. The van der Waals surface area contributed by atoms with Gasteiger partial charge in [-0.2, -0.15) is 0 Å². The maximum Gasteiger partial charge on any atom is 0.494 e. The van der Waals surface area contributed by atoms with Gasteiger partial charge in [0, 0.05) is 12.6 Å². The first-order valence-corrected chi connectivity index (χ1v) is 6.68. The number of hydrogen-bond acceptors (Lipinski definition) is 4. The standard InChI is InChI=1S/C14H23BN2O2/c1-13(2)14(3,4)19-15(18-13)11-7-5-10(6-8-11)12(17)9-16/h5-8,12H,9,16-17H2,1-4H3. The van der Waals surface area contributed by atoms with Gasteiger partial charge in [0.15, 0.2) is 0 Å². The van der Waals surface area contributed by atoms with Crippen LogP contribution in [0.3, 0.4) is 0 Å². The Balaban J connectivity index is 2.17. The van der Waals surface area contributed by atoms with Crippen LogP contribution in [0.4, 0.5) is 0 Å². The third-order valence-corrected chi connectivity index (χ3v) is 4.14. The quantitative estimate of drug-likeness (QED) is 0.795. The second kappa shape index (κ2) is 4.91. The van der Waals surface area contributed by atoms with Crippen LogP contribution in [0.2, 0.25) is 0 Å². The Kier molecular flexibility index (Phi) is 3.75. The van der Waals surface area contributed by atoms with Crippen LogP contribution in [0.15, 0.2) is 24.3 Å². The van der Waals surface area contributed by atoms with E-state index in [0.717, 1.165) is 11.0 Å². The fraction of sp³-hybridized carbons (Fsp3) is 0.571. The van der Waals surface area contributed by atoms with Gasteiger partial charge >= 0.3 is 7.12 Å². The van der Waals surface area contributed by atoms with Crippen molar-refractivity contribution < 1.29 is 9.31 Å². The van der Waals surface area contributed by atoms with E-state index in [0.29, 0.717) is 6.54 Å². The van der Waals surface area contributed by atoms with Crippen molar-refractivity contribution in [1.82, 2.24) is 0 Å². The van der Waals surface area contributed by atoms with Crippen LogP contribution < -0.4 is 16.9 Å². The molecule has 0 spiro atoms. The van der Waals surface area contributed by atoms with Crippen molar-refractivity contribution >= 4 is 12.6 Å². The van der Waals surface area contributed by atoms with Crippen molar-refractivity contribution in [2.24, 2.45) is 11.5 Å². The number of benzene rings is 1. The molecule has 2 rings (SSSR count). The first kappa shape index (κ1) is 14.5. The zero-order valence-electron chi connectivity index (χ0n) is 12.1. The molecule has 1 aromatic rings. The molecule has 5 heteroatoms. The van der Waals surface area contributed by atoms with Crippen molar-refractivity contribution in [3.63, 3.8) is 0 Å². The predicted molar refractivity (Wildman–Crippen MR) is 78.1 cm³/mol. The first-order valence-electron chi connectivity index (χ1n) is 6.68. The summed E-state index contributed by atoms with van der Waals surface area (Å²) in [5, 5.41) is 0. The molecule has 0 radical (unpaired) electrons. The lowest BCUT2D eigenvalue weighted by Gasteiger charge is -2.32. The van der Waals surface area contributed by atoms with Gasteiger partial charge in [-0.15, -0.1) is 0 Å². The van der Waals surface area contributed by atoms with Gasteiger partial charge < -0.3 is 20.8 Å². The lowest BCUT2D eigenvalue weighted by molar-refractivity contribution is 0.00578. The normalized spacial score (nSPS) is 22.5. The third kappa shape index (κ3) is 2.70. The Bertz CT molecular complexity index is 429. The maximum absolute atomic E-state index is 6.00. The molecule has 1 aliphatic heterocycles. The van der Waals surface area contributed by atoms with Crippen molar-refractivity contribution in [3.05, 3.63) is 29.8 Å².